The van der Waals surface area contributed by atoms with Gasteiger partial charge in [0.25, 0.3) is 11.7 Å². The molecule has 33 heavy (non-hydrogen) atoms. The molecule has 1 atom stereocenters. The van der Waals surface area contributed by atoms with Gasteiger partial charge in [0.1, 0.15) is 29.1 Å². The minimum absolute atomic E-state index is 0.0885. The minimum atomic E-state index is -0.944. The van der Waals surface area contributed by atoms with E-state index in [0.29, 0.717) is 28.9 Å². The molecule has 1 aliphatic heterocycles. The summed E-state index contributed by atoms with van der Waals surface area (Å²) in [4.78, 5) is 27.8. The van der Waals surface area contributed by atoms with Crippen LogP contribution in [0.1, 0.15) is 42.7 Å². The predicted molar refractivity (Wildman–Crippen MR) is 124 cm³/mol. The SMILES string of the molecule is COc1ccc(OC)c(/C(O)=C2/C(=O)C(=O)N(c3ccc(C(C)C)cc3)C2c2ccco2)c1. The van der Waals surface area contributed by atoms with Gasteiger partial charge in [-0.2, -0.15) is 0 Å². The molecular formula is C26H25NO6. The summed E-state index contributed by atoms with van der Waals surface area (Å²) in [5.74, 6) is -0.471. The van der Waals surface area contributed by atoms with Crippen LogP contribution in [0.4, 0.5) is 5.69 Å². The van der Waals surface area contributed by atoms with Crippen molar-refractivity contribution in [1.29, 1.82) is 0 Å². The maximum atomic E-state index is 13.2. The number of ketones is 1. The molecule has 1 saturated heterocycles. The lowest BCUT2D eigenvalue weighted by molar-refractivity contribution is -0.132. The molecule has 1 aliphatic rings. The number of ether oxygens (including phenoxy) is 2. The van der Waals surface area contributed by atoms with Crippen LogP contribution in [-0.4, -0.2) is 31.0 Å². The van der Waals surface area contributed by atoms with Crippen molar-refractivity contribution in [2.24, 2.45) is 0 Å². The average molecular weight is 447 g/mol. The highest BCUT2D eigenvalue weighted by molar-refractivity contribution is 6.51. The number of anilines is 1. The van der Waals surface area contributed by atoms with E-state index in [1.807, 2.05) is 12.1 Å². The van der Waals surface area contributed by atoms with E-state index in [0.717, 1.165) is 5.56 Å². The van der Waals surface area contributed by atoms with E-state index < -0.39 is 17.7 Å². The summed E-state index contributed by atoms with van der Waals surface area (Å²) >= 11 is 0. The predicted octanol–water partition coefficient (Wildman–Crippen LogP) is 5.05. The molecule has 7 nitrogen and oxygen atoms in total. The normalized spacial score (nSPS) is 17.6. The maximum absolute atomic E-state index is 13.2. The van der Waals surface area contributed by atoms with Crippen LogP contribution in [0.5, 0.6) is 11.5 Å². The van der Waals surface area contributed by atoms with Crippen molar-refractivity contribution in [3.8, 4) is 11.5 Å². The molecular weight excluding hydrogens is 422 g/mol. The second-order valence-corrected chi connectivity index (χ2v) is 8.00. The van der Waals surface area contributed by atoms with Crippen molar-refractivity contribution >= 4 is 23.1 Å². The van der Waals surface area contributed by atoms with Gasteiger partial charge in [0.2, 0.25) is 0 Å². The Hall–Kier alpha value is -4.00. The number of furan rings is 1. The van der Waals surface area contributed by atoms with Gasteiger partial charge in [0, 0.05) is 5.69 Å². The molecule has 2 heterocycles. The van der Waals surface area contributed by atoms with Crippen LogP contribution < -0.4 is 14.4 Å². The molecule has 0 bridgehead atoms. The number of rotatable bonds is 6. The number of nitrogens with zero attached hydrogens (tertiary/aromatic N) is 1. The van der Waals surface area contributed by atoms with Gasteiger partial charge in [-0.1, -0.05) is 26.0 Å². The number of methoxy groups -OCH3 is 2. The van der Waals surface area contributed by atoms with Gasteiger partial charge in [-0.15, -0.1) is 0 Å². The third-order valence-electron chi connectivity index (χ3n) is 5.76. The number of carbonyl (C=O) groups is 2. The highest BCUT2D eigenvalue weighted by Crippen LogP contribution is 2.44. The Morgan fingerprint density at radius 1 is 1.03 bits per heavy atom. The third kappa shape index (κ3) is 3.86. The number of aliphatic hydroxyl groups is 1. The van der Waals surface area contributed by atoms with E-state index in [9.17, 15) is 14.7 Å². The summed E-state index contributed by atoms with van der Waals surface area (Å²) in [7, 11) is 2.95. The van der Waals surface area contributed by atoms with Crippen molar-refractivity contribution < 1.29 is 28.6 Å². The first-order valence-corrected chi connectivity index (χ1v) is 10.5. The number of hydrogen-bond donors (Lipinski definition) is 1. The topological polar surface area (TPSA) is 89.2 Å². The summed E-state index contributed by atoms with van der Waals surface area (Å²) in [6.45, 7) is 4.15. The number of hydrogen-bond acceptors (Lipinski definition) is 6. The zero-order chi connectivity index (χ0) is 23.7. The molecule has 7 heteroatoms. The number of carbonyl (C=O) groups excluding carboxylic acids is 2. The molecule has 1 unspecified atom stereocenters. The standard InChI is InChI=1S/C26H25NO6/c1-15(2)16-7-9-17(10-8-16)27-23(21-6-5-13-33-21)22(25(29)26(27)30)24(28)19-14-18(31-3)11-12-20(19)32-4/h5-15,23,28H,1-4H3/b24-22-. The first kappa shape index (κ1) is 22.2. The largest absolute Gasteiger partial charge is 0.507 e. The molecule has 0 saturated carbocycles. The van der Waals surface area contributed by atoms with E-state index in [2.05, 4.69) is 13.8 Å². The lowest BCUT2D eigenvalue weighted by Gasteiger charge is -2.24. The highest BCUT2D eigenvalue weighted by Gasteiger charge is 2.48. The molecule has 0 radical (unpaired) electrons. The first-order chi connectivity index (χ1) is 15.9. The Labute approximate surface area is 191 Å². The molecule has 170 valence electrons. The van der Waals surface area contributed by atoms with Crippen molar-refractivity contribution in [1.82, 2.24) is 0 Å². The van der Waals surface area contributed by atoms with Gasteiger partial charge >= 0.3 is 0 Å². The van der Waals surface area contributed by atoms with Crippen LogP contribution in [0, 0.1) is 0 Å². The summed E-state index contributed by atoms with van der Waals surface area (Å²) in [5, 5.41) is 11.3. The second kappa shape index (κ2) is 8.86. The van der Waals surface area contributed by atoms with Crippen molar-refractivity contribution in [3.05, 3.63) is 83.3 Å². The Morgan fingerprint density at radius 3 is 2.33 bits per heavy atom. The van der Waals surface area contributed by atoms with E-state index >= 15 is 0 Å². The van der Waals surface area contributed by atoms with Crippen molar-refractivity contribution in [3.63, 3.8) is 0 Å². The quantitative estimate of drug-likeness (QED) is 0.323. The third-order valence-corrected chi connectivity index (χ3v) is 5.76. The first-order valence-electron chi connectivity index (χ1n) is 10.5. The lowest BCUT2D eigenvalue weighted by atomic mass is 9.98. The van der Waals surface area contributed by atoms with Gasteiger partial charge in [-0.25, -0.2) is 0 Å². The highest BCUT2D eigenvalue weighted by atomic mass is 16.5. The van der Waals surface area contributed by atoms with Crippen LogP contribution in [0.3, 0.4) is 0 Å². The molecule has 0 aliphatic carbocycles. The minimum Gasteiger partial charge on any atom is -0.507 e. The van der Waals surface area contributed by atoms with Crippen molar-refractivity contribution in [2.75, 3.05) is 19.1 Å². The molecule has 2 aromatic carbocycles. The van der Waals surface area contributed by atoms with Gasteiger partial charge in [0.05, 0.1) is 31.6 Å². The average Bonchev–Trinajstić information content (AvgIpc) is 3.45. The van der Waals surface area contributed by atoms with E-state index in [-0.39, 0.29) is 16.9 Å². The van der Waals surface area contributed by atoms with Crippen LogP contribution >= 0.6 is 0 Å². The fraction of sp³-hybridized carbons (Fsp3) is 0.231. The number of benzene rings is 2. The molecule has 1 aromatic heterocycles. The molecule has 3 aromatic rings. The maximum Gasteiger partial charge on any atom is 0.300 e. The molecule has 1 amide bonds. The summed E-state index contributed by atoms with van der Waals surface area (Å²) in [6.07, 6.45) is 1.46. The summed E-state index contributed by atoms with van der Waals surface area (Å²) in [6, 6.07) is 14.7. The fourth-order valence-electron chi connectivity index (χ4n) is 3.98. The molecule has 1 N–H and O–H groups in total. The Kier molecular flexibility index (Phi) is 5.96. The van der Waals surface area contributed by atoms with Crippen LogP contribution in [0.2, 0.25) is 0 Å². The number of Topliss-reactive ketones (excluding diaryl/α,β-unsaturated/α-hetero) is 1. The van der Waals surface area contributed by atoms with Gasteiger partial charge < -0.3 is 19.0 Å². The van der Waals surface area contributed by atoms with Gasteiger partial charge in [-0.05, 0) is 53.9 Å². The lowest BCUT2D eigenvalue weighted by Crippen LogP contribution is -2.29. The van der Waals surface area contributed by atoms with Gasteiger partial charge in [0.15, 0.2) is 0 Å². The monoisotopic (exact) mass is 447 g/mol. The zero-order valence-corrected chi connectivity index (χ0v) is 18.9. The number of aliphatic hydroxyl groups excluding tert-OH is 1. The smallest absolute Gasteiger partial charge is 0.300 e. The van der Waals surface area contributed by atoms with Crippen LogP contribution in [0.25, 0.3) is 5.76 Å². The van der Waals surface area contributed by atoms with E-state index in [4.69, 9.17) is 13.9 Å². The van der Waals surface area contributed by atoms with E-state index in [1.165, 1.54) is 25.4 Å². The summed E-state index contributed by atoms with van der Waals surface area (Å²) < 4.78 is 16.2. The summed E-state index contributed by atoms with van der Waals surface area (Å²) in [5.41, 5.74) is 1.78. The zero-order valence-electron chi connectivity index (χ0n) is 18.9. The van der Waals surface area contributed by atoms with Gasteiger partial charge in [-0.3, -0.25) is 14.5 Å². The van der Waals surface area contributed by atoms with E-state index in [1.54, 1.807) is 42.5 Å². The number of amides is 1. The molecule has 0 spiro atoms. The van der Waals surface area contributed by atoms with Crippen LogP contribution in [-0.2, 0) is 9.59 Å². The Bertz CT molecular complexity index is 1210. The molecule has 1 fully saturated rings. The molecule has 4 rings (SSSR count). The second-order valence-electron chi connectivity index (χ2n) is 8.00. The van der Waals surface area contributed by atoms with Crippen LogP contribution in [0.15, 0.2) is 70.9 Å². The Balaban J connectivity index is 1.91. The Morgan fingerprint density at radius 2 is 1.76 bits per heavy atom. The fourth-order valence-corrected chi connectivity index (χ4v) is 3.98. The van der Waals surface area contributed by atoms with Crippen molar-refractivity contribution in [2.45, 2.75) is 25.8 Å².